The molecule has 34 heavy (non-hydrogen) atoms. The second kappa shape index (κ2) is 8.86. The largest absolute Gasteiger partial charge is 0.444 e. The molecule has 1 saturated heterocycles. The van der Waals surface area contributed by atoms with Crippen LogP contribution in [0, 0.1) is 0 Å². The van der Waals surface area contributed by atoms with Crippen molar-refractivity contribution in [3.63, 3.8) is 0 Å². The van der Waals surface area contributed by atoms with Gasteiger partial charge in [-0.1, -0.05) is 30.3 Å². The molecule has 1 aliphatic heterocycles. The number of para-hydroxylation sites is 3. The second-order valence-electron chi connectivity index (χ2n) is 9.60. The van der Waals surface area contributed by atoms with E-state index in [1.54, 1.807) is 4.90 Å². The summed E-state index contributed by atoms with van der Waals surface area (Å²) in [5, 5.41) is 0. The predicted octanol–water partition coefficient (Wildman–Crippen LogP) is 5.75. The van der Waals surface area contributed by atoms with Gasteiger partial charge in [0.05, 0.1) is 11.0 Å². The van der Waals surface area contributed by atoms with Crippen LogP contribution in [0.5, 0.6) is 0 Å². The molecule has 4 aromatic rings. The van der Waals surface area contributed by atoms with Crippen LogP contribution in [0.4, 0.5) is 10.5 Å². The summed E-state index contributed by atoms with van der Waals surface area (Å²) in [4.78, 5) is 21.4. The Balaban J connectivity index is 1.36. The summed E-state index contributed by atoms with van der Waals surface area (Å²) in [7, 11) is 0. The van der Waals surface area contributed by atoms with E-state index >= 15 is 0 Å². The fraction of sp³-hybridized carbons (Fsp3) is 0.286. The Labute approximate surface area is 200 Å². The van der Waals surface area contributed by atoms with Gasteiger partial charge in [0.15, 0.2) is 0 Å². The molecule has 0 saturated carbocycles. The number of carbonyl (C=O) groups is 1. The summed E-state index contributed by atoms with van der Waals surface area (Å²) in [6.07, 6.45) is -0.234. The van der Waals surface area contributed by atoms with E-state index < -0.39 is 5.60 Å². The van der Waals surface area contributed by atoms with Gasteiger partial charge in [0.25, 0.3) is 0 Å². The minimum atomic E-state index is -0.472. The molecule has 1 fully saturated rings. The monoisotopic (exact) mass is 454 g/mol. The van der Waals surface area contributed by atoms with Gasteiger partial charge >= 0.3 is 6.09 Å². The highest BCUT2D eigenvalue weighted by Crippen LogP contribution is 2.30. The summed E-state index contributed by atoms with van der Waals surface area (Å²) in [5.74, 6) is 0.925. The topological polar surface area (TPSA) is 50.6 Å². The lowest BCUT2D eigenvalue weighted by Crippen LogP contribution is -2.50. The Bertz CT molecular complexity index is 1280. The fourth-order valence-corrected chi connectivity index (χ4v) is 4.35. The molecule has 0 spiro atoms. The molecular weight excluding hydrogens is 424 g/mol. The summed E-state index contributed by atoms with van der Waals surface area (Å²) < 4.78 is 7.73. The number of benzene rings is 3. The van der Waals surface area contributed by atoms with E-state index in [9.17, 15) is 4.79 Å². The van der Waals surface area contributed by atoms with Crippen LogP contribution in [-0.2, 0) is 4.74 Å². The van der Waals surface area contributed by atoms with Crippen molar-refractivity contribution in [2.75, 3.05) is 31.1 Å². The van der Waals surface area contributed by atoms with E-state index in [4.69, 9.17) is 9.72 Å². The molecule has 5 rings (SSSR count). The summed E-state index contributed by atoms with van der Waals surface area (Å²) in [6, 6.07) is 27.1. The minimum Gasteiger partial charge on any atom is -0.444 e. The van der Waals surface area contributed by atoms with Crippen LogP contribution in [-0.4, -0.2) is 52.3 Å². The van der Waals surface area contributed by atoms with E-state index in [0.29, 0.717) is 13.1 Å². The molecule has 0 atom stereocenters. The molecule has 1 aromatic heterocycles. The number of aromatic nitrogens is 2. The first-order valence-corrected chi connectivity index (χ1v) is 11.8. The standard InChI is InChI=1S/C28H30N4O2/c1-28(2,3)34-27(33)31-19-17-30(18-20-31)22-15-13-21(14-16-22)26-29-24-11-7-8-12-25(24)32(26)23-9-5-4-6-10-23/h4-16H,17-20H2,1-3H3. The Morgan fingerprint density at radius 1 is 0.794 bits per heavy atom. The molecule has 1 aliphatic rings. The van der Waals surface area contributed by atoms with E-state index in [1.165, 1.54) is 0 Å². The smallest absolute Gasteiger partial charge is 0.410 e. The fourth-order valence-electron chi connectivity index (χ4n) is 4.35. The molecule has 6 nitrogen and oxygen atoms in total. The van der Waals surface area contributed by atoms with Gasteiger partial charge in [0.2, 0.25) is 0 Å². The summed E-state index contributed by atoms with van der Waals surface area (Å²) >= 11 is 0. The van der Waals surface area contributed by atoms with E-state index in [1.807, 2.05) is 51.1 Å². The van der Waals surface area contributed by atoms with Crippen molar-refractivity contribution in [3.05, 3.63) is 78.9 Å². The average molecular weight is 455 g/mol. The zero-order chi connectivity index (χ0) is 23.7. The number of carbonyl (C=O) groups excluding carboxylic acids is 1. The first-order valence-electron chi connectivity index (χ1n) is 11.8. The molecule has 0 N–H and O–H groups in total. The van der Waals surface area contributed by atoms with Crippen molar-refractivity contribution < 1.29 is 9.53 Å². The van der Waals surface area contributed by atoms with Crippen molar-refractivity contribution in [3.8, 4) is 17.1 Å². The predicted molar refractivity (Wildman–Crippen MR) is 137 cm³/mol. The van der Waals surface area contributed by atoms with Crippen molar-refractivity contribution >= 4 is 22.8 Å². The zero-order valence-corrected chi connectivity index (χ0v) is 19.9. The Morgan fingerprint density at radius 2 is 1.44 bits per heavy atom. The number of ether oxygens (including phenoxy) is 1. The lowest BCUT2D eigenvalue weighted by molar-refractivity contribution is 0.0240. The van der Waals surface area contributed by atoms with Gasteiger partial charge in [-0.2, -0.15) is 0 Å². The van der Waals surface area contributed by atoms with Crippen LogP contribution in [0.25, 0.3) is 28.1 Å². The number of rotatable bonds is 3. The highest BCUT2D eigenvalue weighted by molar-refractivity contribution is 5.83. The van der Waals surface area contributed by atoms with Crippen LogP contribution in [0.1, 0.15) is 20.8 Å². The first-order chi connectivity index (χ1) is 16.4. The molecule has 0 unspecified atom stereocenters. The Morgan fingerprint density at radius 3 is 2.12 bits per heavy atom. The number of anilines is 1. The molecule has 0 aliphatic carbocycles. The number of piperazine rings is 1. The van der Waals surface area contributed by atoms with Gasteiger partial charge in [0, 0.05) is 43.1 Å². The van der Waals surface area contributed by atoms with Gasteiger partial charge < -0.3 is 14.5 Å². The number of hydrogen-bond donors (Lipinski definition) is 0. The maximum absolute atomic E-state index is 12.4. The highest BCUT2D eigenvalue weighted by atomic mass is 16.6. The second-order valence-corrected chi connectivity index (χ2v) is 9.60. The Kier molecular flexibility index (Phi) is 5.74. The van der Waals surface area contributed by atoms with Crippen LogP contribution < -0.4 is 4.90 Å². The third-order valence-electron chi connectivity index (χ3n) is 6.00. The maximum atomic E-state index is 12.4. The third kappa shape index (κ3) is 4.49. The van der Waals surface area contributed by atoms with Gasteiger partial charge in [-0.25, -0.2) is 9.78 Å². The van der Waals surface area contributed by atoms with E-state index in [0.717, 1.165) is 46.9 Å². The number of hydrogen-bond acceptors (Lipinski definition) is 4. The van der Waals surface area contributed by atoms with Crippen molar-refractivity contribution in [2.24, 2.45) is 0 Å². The van der Waals surface area contributed by atoms with Crippen molar-refractivity contribution in [1.29, 1.82) is 0 Å². The van der Waals surface area contributed by atoms with Crippen LogP contribution in [0.3, 0.4) is 0 Å². The summed E-state index contributed by atoms with van der Waals surface area (Å²) in [6.45, 7) is 8.56. The van der Waals surface area contributed by atoms with Gasteiger partial charge in [-0.05, 0) is 69.3 Å². The normalized spacial score (nSPS) is 14.4. The molecule has 1 amide bonds. The maximum Gasteiger partial charge on any atom is 0.410 e. The quantitative estimate of drug-likeness (QED) is 0.396. The zero-order valence-electron chi connectivity index (χ0n) is 19.9. The van der Waals surface area contributed by atoms with Crippen LogP contribution in [0.15, 0.2) is 78.9 Å². The number of imidazole rings is 1. The molecule has 0 bridgehead atoms. The average Bonchev–Trinajstić information content (AvgIpc) is 3.23. The lowest BCUT2D eigenvalue weighted by Gasteiger charge is -2.36. The molecule has 174 valence electrons. The minimum absolute atomic E-state index is 0.234. The first kappa shape index (κ1) is 22.0. The third-order valence-corrected chi connectivity index (χ3v) is 6.00. The molecule has 3 aromatic carbocycles. The van der Waals surface area contributed by atoms with Gasteiger partial charge in [-0.3, -0.25) is 4.57 Å². The van der Waals surface area contributed by atoms with Crippen LogP contribution in [0.2, 0.25) is 0 Å². The Hall–Kier alpha value is -3.80. The van der Waals surface area contributed by atoms with Gasteiger partial charge in [0.1, 0.15) is 11.4 Å². The van der Waals surface area contributed by atoms with E-state index in [-0.39, 0.29) is 6.09 Å². The SMILES string of the molecule is CC(C)(C)OC(=O)N1CCN(c2ccc(-c3nc4ccccc4n3-c3ccccc3)cc2)CC1. The number of fused-ring (bicyclic) bond motifs is 1. The molecular formula is C28H30N4O2. The lowest BCUT2D eigenvalue weighted by atomic mass is 10.1. The van der Waals surface area contributed by atoms with Crippen LogP contribution >= 0.6 is 0 Å². The van der Waals surface area contributed by atoms with E-state index in [2.05, 4.69) is 58.0 Å². The van der Waals surface area contributed by atoms with Crippen molar-refractivity contribution in [2.45, 2.75) is 26.4 Å². The molecule has 2 heterocycles. The molecule has 0 radical (unpaired) electrons. The number of nitrogens with zero attached hydrogens (tertiary/aromatic N) is 4. The highest BCUT2D eigenvalue weighted by Gasteiger charge is 2.26. The van der Waals surface area contributed by atoms with Crippen molar-refractivity contribution in [1.82, 2.24) is 14.5 Å². The summed E-state index contributed by atoms with van der Waals surface area (Å²) in [5.41, 5.74) is 4.90. The van der Waals surface area contributed by atoms with Gasteiger partial charge in [-0.15, -0.1) is 0 Å². The molecule has 6 heteroatoms. The number of amides is 1.